The van der Waals surface area contributed by atoms with Crippen molar-refractivity contribution < 1.29 is 24.2 Å². The summed E-state index contributed by atoms with van der Waals surface area (Å²) in [5.74, 6) is -2.05. The third-order valence-corrected chi connectivity index (χ3v) is 8.60. The number of ether oxygens (including phenoxy) is 1. The van der Waals surface area contributed by atoms with Crippen molar-refractivity contribution in [1.29, 1.82) is 0 Å². The number of hydrogen-bond acceptors (Lipinski definition) is 5. The van der Waals surface area contributed by atoms with E-state index >= 15 is 0 Å². The predicted molar refractivity (Wildman–Crippen MR) is 144 cm³/mol. The molecule has 0 aromatic heterocycles. The number of anilines is 1. The van der Waals surface area contributed by atoms with Crippen molar-refractivity contribution in [2.45, 2.75) is 64.2 Å². The molecule has 0 radical (unpaired) electrons. The Bertz CT molecular complexity index is 1190. The first-order valence-corrected chi connectivity index (χ1v) is 13.8. The molecule has 2 fully saturated rings. The van der Waals surface area contributed by atoms with Crippen LogP contribution < -0.4 is 4.90 Å². The molecule has 5 rings (SSSR count). The quantitative estimate of drug-likeness (QED) is 0.440. The number of carbonyl (C=O) groups excluding carboxylic acids is 3. The Kier molecular flexibility index (Phi) is 6.99. The highest BCUT2D eigenvalue weighted by Gasteiger charge is 2.74. The molecule has 4 aliphatic heterocycles. The van der Waals surface area contributed by atoms with E-state index in [-0.39, 0.29) is 24.3 Å². The maximum absolute atomic E-state index is 14.5. The van der Waals surface area contributed by atoms with Crippen LogP contribution in [0.5, 0.6) is 0 Å². The van der Waals surface area contributed by atoms with E-state index in [1.165, 1.54) is 0 Å². The zero-order chi connectivity index (χ0) is 27.2. The van der Waals surface area contributed by atoms with Crippen LogP contribution in [0.2, 0.25) is 0 Å². The lowest BCUT2D eigenvalue weighted by Gasteiger charge is -2.37. The van der Waals surface area contributed by atoms with Gasteiger partial charge in [-0.3, -0.25) is 14.4 Å². The Morgan fingerprint density at radius 2 is 1.74 bits per heavy atom. The van der Waals surface area contributed by atoms with Crippen molar-refractivity contribution in [3.8, 4) is 0 Å². The smallest absolute Gasteiger partial charge is 0.253 e. The lowest BCUT2D eigenvalue weighted by molar-refractivity contribution is -0.148. The van der Waals surface area contributed by atoms with Gasteiger partial charge in [-0.2, -0.15) is 0 Å². The molecule has 8 nitrogen and oxygen atoms in total. The first-order valence-electron chi connectivity index (χ1n) is 13.8. The zero-order valence-corrected chi connectivity index (χ0v) is 22.9. The van der Waals surface area contributed by atoms with E-state index in [1.807, 2.05) is 70.2 Å². The molecule has 0 aliphatic carbocycles. The number of hydrogen-bond donors (Lipinski definition) is 1. The molecule has 1 spiro atoms. The first-order chi connectivity index (χ1) is 18.2. The van der Waals surface area contributed by atoms with Gasteiger partial charge in [0.15, 0.2) is 0 Å². The molecule has 5 atom stereocenters. The van der Waals surface area contributed by atoms with Crippen LogP contribution in [0.4, 0.5) is 5.69 Å². The lowest BCUT2D eigenvalue weighted by Crippen LogP contribution is -2.56. The summed E-state index contributed by atoms with van der Waals surface area (Å²) in [5.41, 5.74) is 0.563. The summed E-state index contributed by atoms with van der Waals surface area (Å²) < 4.78 is 6.86. The molecule has 1 N–H and O–H groups in total. The molecule has 38 heavy (non-hydrogen) atoms. The maximum atomic E-state index is 14.5. The second kappa shape index (κ2) is 9.97. The van der Waals surface area contributed by atoms with Gasteiger partial charge in [0, 0.05) is 38.5 Å². The summed E-state index contributed by atoms with van der Waals surface area (Å²) in [4.78, 5) is 47.9. The number of unbranched alkanes of at least 4 members (excludes halogenated alkanes) is 1. The van der Waals surface area contributed by atoms with Crippen LogP contribution in [0.1, 0.15) is 44.2 Å². The van der Waals surface area contributed by atoms with Crippen LogP contribution >= 0.6 is 0 Å². The summed E-state index contributed by atoms with van der Waals surface area (Å²) in [5, 5.41) is 9.40. The van der Waals surface area contributed by atoms with E-state index in [9.17, 15) is 19.5 Å². The number of likely N-dealkylation sites (tertiary alicyclic amines) is 1. The second-order valence-corrected chi connectivity index (χ2v) is 11.3. The van der Waals surface area contributed by atoms with Gasteiger partial charge in [-0.1, -0.05) is 43.4 Å². The molecule has 2 saturated heterocycles. The van der Waals surface area contributed by atoms with Gasteiger partial charge < -0.3 is 24.5 Å². The zero-order valence-electron chi connectivity index (χ0n) is 22.9. The Morgan fingerprint density at radius 3 is 2.47 bits per heavy atom. The second-order valence-electron chi connectivity index (χ2n) is 11.3. The highest BCUT2D eigenvalue weighted by molar-refractivity contribution is 6.06. The van der Waals surface area contributed by atoms with E-state index in [1.54, 1.807) is 14.7 Å². The number of fused-ring (bicyclic) bond motifs is 2. The predicted octanol–water partition coefficient (Wildman–Crippen LogP) is 2.76. The van der Waals surface area contributed by atoms with E-state index in [0.29, 0.717) is 39.0 Å². The number of benzene rings is 1. The minimum Gasteiger partial charge on any atom is -0.396 e. The molecule has 4 heterocycles. The fourth-order valence-electron chi connectivity index (χ4n) is 6.90. The van der Waals surface area contributed by atoms with Crippen molar-refractivity contribution in [1.82, 2.24) is 9.80 Å². The average Bonchev–Trinajstić information content (AvgIpc) is 3.14. The molecular formula is C30H39N3O5. The molecule has 204 valence electrons. The van der Waals surface area contributed by atoms with E-state index < -0.39 is 29.1 Å². The molecule has 8 heteroatoms. The highest BCUT2D eigenvalue weighted by atomic mass is 16.5. The SMILES string of the molecule is CCCN1CC=C[C@]2(C)O[C@]34C=CCN(c5cc(C)ccc5C)C(=O)C3N(CCCCO)C(=O)[C@@H]4[C@@H]2C1=O. The molecule has 1 unspecified atom stereocenters. The molecule has 4 aliphatic rings. The van der Waals surface area contributed by atoms with Gasteiger partial charge in [-0.05, 0) is 57.2 Å². The minimum absolute atomic E-state index is 0.0101. The van der Waals surface area contributed by atoms with Crippen LogP contribution in [0.15, 0.2) is 42.5 Å². The normalized spacial score (nSPS) is 32.4. The van der Waals surface area contributed by atoms with Crippen LogP contribution in [0.3, 0.4) is 0 Å². The number of amides is 3. The van der Waals surface area contributed by atoms with Gasteiger partial charge in [0.25, 0.3) is 5.91 Å². The van der Waals surface area contributed by atoms with Gasteiger partial charge in [0.05, 0.1) is 17.4 Å². The third-order valence-electron chi connectivity index (χ3n) is 8.60. The van der Waals surface area contributed by atoms with Crippen LogP contribution in [0, 0.1) is 25.7 Å². The van der Waals surface area contributed by atoms with Crippen LogP contribution in [0.25, 0.3) is 0 Å². The lowest BCUT2D eigenvalue weighted by atomic mass is 9.74. The largest absolute Gasteiger partial charge is 0.396 e. The highest BCUT2D eigenvalue weighted by Crippen LogP contribution is 2.57. The summed E-state index contributed by atoms with van der Waals surface area (Å²) in [6, 6.07) is 5.12. The number of aryl methyl sites for hydroxylation is 2. The molecule has 1 aromatic carbocycles. The molecule has 3 amide bonds. The average molecular weight is 522 g/mol. The van der Waals surface area contributed by atoms with E-state index in [0.717, 1.165) is 23.2 Å². The molecule has 1 aromatic rings. The van der Waals surface area contributed by atoms with Crippen molar-refractivity contribution in [2.75, 3.05) is 37.7 Å². The number of carbonyl (C=O) groups is 3. The number of aliphatic hydroxyl groups excluding tert-OH is 1. The van der Waals surface area contributed by atoms with E-state index in [2.05, 4.69) is 0 Å². The van der Waals surface area contributed by atoms with Gasteiger partial charge in [-0.25, -0.2) is 0 Å². The van der Waals surface area contributed by atoms with Crippen molar-refractivity contribution >= 4 is 23.4 Å². The fraction of sp³-hybridized carbons (Fsp3) is 0.567. The topological polar surface area (TPSA) is 90.4 Å². The van der Waals surface area contributed by atoms with Gasteiger partial charge in [-0.15, -0.1) is 0 Å². The first kappa shape index (κ1) is 26.6. The monoisotopic (exact) mass is 521 g/mol. The summed E-state index contributed by atoms with van der Waals surface area (Å²) in [7, 11) is 0. The van der Waals surface area contributed by atoms with Crippen molar-refractivity contribution in [3.63, 3.8) is 0 Å². The molecule has 0 saturated carbocycles. The van der Waals surface area contributed by atoms with Crippen molar-refractivity contribution in [3.05, 3.63) is 53.6 Å². The Hall–Kier alpha value is -2.97. The molecule has 0 bridgehead atoms. The standard InChI is InChI=1S/C30H39N3O5/c1-5-14-31-15-8-12-29(4)23(26(31)35)24-27(36)33(16-6-7-18-34)25-28(37)32(17-9-13-30(24,25)38-29)22-19-20(2)10-11-21(22)3/h8-13,19,23-25,34H,5-7,14-18H2,1-4H3/t23-,24+,25?,29+,30+/m1/s1. The maximum Gasteiger partial charge on any atom is 0.253 e. The Balaban J connectivity index is 1.63. The van der Waals surface area contributed by atoms with Crippen molar-refractivity contribution in [2.24, 2.45) is 11.8 Å². The fourth-order valence-corrected chi connectivity index (χ4v) is 6.90. The summed E-state index contributed by atoms with van der Waals surface area (Å²) in [6.45, 7) is 9.63. The van der Waals surface area contributed by atoms with Crippen LogP contribution in [-0.2, 0) is 19.1 Å². The number of aliphatic hydroxyl groups is 1. The summed E-state index contributed by atoms with van der Waals surface area (Å²) in [6.07, 6.45) is 9.57. The minimum atomic E-state index is -1.26. The number of nitrogens with zero attached hydrogens (tertiary/aromatic N) is 3. The van der Waals surface area contributed by atoms with Crippen LogP contribution in [-0.4, -0.2) is 82.7 Å². The number of rotatable bonds is 7. The Labute approximate surface area is 224 Å². The Morgan fingerprint density at radius 1 is 0.974 bits per heavy atom. The third kappa shape index (κ3) is 4.00. The van der Waals surface area contributed by atoms with Gasteiger partial charge in [0.1, 0.15) is 11.6 Å². The van der Waals surface area contributed by atoms with Gasteiger partial charge >= 0.3 is 0 Å². The summed E-state index contributed by atoms with van der Waals surface area (Å²) >= 11 is 0. The van der Waals surface area contributed by atoms with E-state index in [4.69, 9.17) is 4.74 Å². The molecular weight excluding hydrogens is 482 g/mol. The van der Waals surface area contributed by atoms with Gasteiger partial charge in [0.2, 0.25) is 11.8 Å².